The molecule has 0 aliphatic carbocycles. The smallest absolute Gasteiger partial charge is 0.123 e. The van der Waals surface area contributed by atoms with Gasteiger partial charge in [0.25, 0.3) is 0 Å². The Kier molecular flexibility index (Phi) is 4.52. The van der Waals surface area contributed by atoms with E-state index in [0.717, 1.165) is 11.1 Å². The van der Waals surface area contributed by atoms with Crippen molar-refractivity contribution in [2.24, 2.45) is 0 Å². The second-order valence-corrected chi connectivity index (χ2v) is 5.55. The predicted molar refractivity (Wildman–Crippen MR) is 95.9 cm³/mol. The lowest BCUT2D eigenvalue weighted by Gasteiger charge is -2.12. The standard InChI is InChI=1S/C21H18O3/c22-19-10-4-1-7-15(19)13-17(18-9-3-6-12-21(18)24)14-16-8-2-5-11-20(16)23/h1-13,22-24H,14H2. The third kappa shape index (κ3) is 3.41. The topological polar surface area (TPSA) is 60.7 Å². The maximum absolute atomic E-state index is 10.2. The number of phenolic OH excluding ortho intramolecular Hbond substituents is 3. The van der Waals surface area contributed by atoms with E-state index in [4.69, 9.17) is 0 Å². The quantitative estimate of drug-likeness (QED) is 0.617. The minimum absolute atomic E-state index is 0.162. The average Bonchev–Trinajstić information content (AvgIpc) is 2.58. The molecule has 3 N–H and O–H groups in total. The summed E-state index contributed by atoms with van der Waals surface area (Å²) in [5, 5.41) is 30.3. The molecule has 24 heavy (non-hydrogen) atoms. The summed E-state index contributed by atoms with van der Waals surface area (Å²) in [6, 6.07) is 21.2. The molecule has 0 spiro atoms. The number of hydrogen-bond acceptors (Lipinski definition) is 3. The van der Waals surface area contributed by atoms with Crippen molar-refractivity contribution in [3.63, 3.8) is 0 Å². The van der Waals surface area contributed by atoms with E-state index in [0.29, 0.717) is 17.5 Å². The molecule has 0 atom stereocenters. The molecule has 0 bridgehead atoms. The van der Waals surface area contributed by atoms with Crippen LogP contribution in [-0.4, -0.2) is 15.3 Å². The van der Waals surface area contributed by atoms with E-state index in [9.17, 15) is 15.3 Å². The minimum atomic E-state index is 0.162. The zero-order chi connectivity index (χ0) is 16.9. The van der Waals surface area contributed by atoms with Gasteiger partial charge in [-0.2, -0.15) is 0 Å². The van der Waals surface area contributed by atoms with Gasteiger partial charge in [-0.05, 0) is 35.4 Å². The van der Waals surface area contributed by atoms with E-state index < -0.39 is 0 Å². The summed E-state index contributed by atoms with van der Waals surface area (Å²) in [7, 11) is 0. The Balaban J connectivity index is 2.10. The molecule has 0 fully saturated rings. The molecule has 0 heterocycles. The van der Waals surface area contributed by atoms with Gasteiger partial charge in [-0.25, -0.2) is 0 Å². The van der Waals surface area contributed by atoms with Gasteiger partial charge in [0.15, 0.2) is 0 Å². The monoisotopic (exact) mass is 318 g/mol. The molecule has 0 saturated carbocycles. The number of allylic oxidation sites excluding steroid dienone is 1. The molecule has 3 nitrogen and oxygen atoms in total. The fraction of sp³-hybridized carbons (Fsp3) is 0.0476. The van der Waals surface area contributed by atoms with Gasteiger partial charge in [-0.1, -0.05) is 54.6 Å². The van der Waals surface area contributed by atoms with Crippen molar-refractivity contribution in [1.82, 2.24) is 0 Å². The van der Waals surface area contributed by atoms with Crippen LogP contribution in [0.1, 0.15) is 16.7 Å². The van der Waals surface area contributed by atoms with Crippen molar-refractivity contribution in [2.75, 3.05) is 0 Å². The number of aromatic hydroxyl groups is 3. The lowest BCUT2D eigenvalue weighted by atomic mass is 9.94. The molecule has 3 aromatic rings. The van der Waals surface area contributed by atoms with Crippen LogP contribution in [-0.2, 0) is 6.42 Å². The van der Waals surface area contributed by atoms with Crippen molar-refractivity contribution in [1.29, 1.82) is 0 Å². The van der Waals surface area contributed by atoms with E-state index in [1.807, 2.05) is 36.4 Å². The van der Waals surface area contributed by atoms with E-state index >= 15 is 0 Å². The summed E-state index contributed by atoms with van der Waals surface area (Å²) < 4.78 is 0. The SMILES string of the molecule is Oc1ccccc1C=C(Cc1ccccc1O)c1ccccc1O. The summed E-state index contributed by atoms with van der Waals surface area (Å²) >= 11 is 0. The highest BCUT2D eigenvalue weighted by Crippen LogP contribution is 2.33. The first-order chi connectivity index (χ1) is 11.6. The van der Waals surface area contributed by atoms with Gasteiger partial charge in [-0.3, -0.25) is 0 Å². The van der Waals surface area contributed by atoms with Crippen molar-refractivity contribution < 1.29 is 15.3 Å². The largest absolute Gasteiger partial charge is 0.508 e. The first-order valence-corrected chi connectivity index (χ1v) is 7.69. The first-order valence-electron chi connectivity index (χ1n) is 7.69. The Morgan fingerprint density at radius 3 is 1.92 bits per heavy atom. The molecule has 0 aliphatic heterocycles. The molecule has 3 aromatic carbocycles. The molecule has 0 unspecified atom stereocenters. The highest BCUT2D eigenvalue weighted by Gasteiger charge is 2.11. The fourth-order valence-electron chi connectivity index (χ4n) is 2.63. The van der Waals surface area contributed by atoms with Crippen molar-refractivity contribution >= 4 is 11.6 Å². The number of rotatable bonds is 4. The summed E-state index contributed by atoms with van der Waals surface area (Å²) in [5.41, 5.74) is 2.88. The maximum Gasteiger partial charge on any atom is 0.123 e. The minimum Gasteiger partial charge on any atom is -0.508 e. The van der Waals surface area contributed by atoms with Crippen LogP contribution in [0.4, 0.5) is 0 Å². The molecular formula is C21H18O3. The molecule has 3 rings (SSSR count). The van der Waals surface area contributed by atoms with Crippen LogP contribution in [0.3, 0.4) is 0 Å². The van der Waals surface area contributed by atoms with Gasteiger partial charge in [0, 0.05) is 17.5 Å². The van der Waals surface area contributed by atoms with Crippen LogP contribution in [0.15, 0.2) is 72.8 Å². The van der Waals surface area contributed by atoms with Gasteiger partial charge >= 0.3 is 0 Å². The Bertz CT molecular complexity index is 882. The van der Waals surface area contributed by atoms with Crippen molar-refractivity contribution in [2.45, 2.75) is 6.42 Å². The molecule has 0 saturated heterocycles. The van der Waals surface area contributed by atoms with Gasteiger partial charge in [0.2, 0.25) is 0 Å². The van der Waals surface area contributed by atoms with Crippen LogP contribution in [0.25, 0.3) is 11.6 Å². The van der Waals surface area contributed by atoms with E-state index in [2.05, 4.69) is 0 Å². The van der Waals surface area contributed by atoms with Crippen LogP contribution < -0.4 is 0 Å². The van der Waals surface area contributed by atoms with Gasteiger partial charge in [0.05, 0.1) is 0 Å². The Morgan fingerprint density at radius 2 is 1.25 bits per heavy atom. The van der Waals surface area contributed by atoms with Crippen LogP contribution in [0.5, 0.6) is 17.2 Å². The predicted octanol–water partition coefficient (Wildman–Crippen LogP) is 4.59. The summed E-state index contributed by atoms with van der Waals surface area (Å²) in [5.74, 6) is 0.536. The highest BCUT2D eigenvalue weighted by atomic mass is 16.3. The maximum atomic E-state index is 10.2. The molecule has 0 aliphatic rings. The van der Waals surface area contributed by atoms with Gasteiger partial charge < -0.3 is 15.3 Å². The number of para-hydroxylation sites is 3. The van der Waals surface area contributed by atoms with Crippen LogP contribution in [0.2, 0.25) is 0 Å². The molecule has 0 radical (unpaired) electrons. The van der Waals surface area contributed by atoms with E-state index in [1.165, 1.54) is 0 Å². The second kappa shape index (κ2) is 6.92. The number of hydrogen-bond donors (Lipinski definition) is 3. The Hall–Kier alpha value is -3.20. The summed E-state index contributed by atoms with van der Waals surface area (Å²) in [6.45, 7) is 0. The van der Waals surface area contributed by atoms with Crippen molar-refractivity contribution in [3.8, 4) is 17.2 Å². The molecule has 0 amide bonds. The van der Waals surface area contributed by atoms with Gasteiger partial charge in [0.1, 0.15) is 17.2 Å². The molecule has 0 aromatic heterocycles. The lowest BCUT2D eigenvalue weighted by Crippen LogP contribution is -1.93. The number of phenols is 3. The molecular weight excluding hydrogens is 300 g/mol. The Morgan fingerprint density at radius 1 is 0.667 bits per heavy atom. The first kappa shape index (κ1) is 15.7. The Labute approximate surface area is 140 Å². The third-order valence-electron chi connectivity index (χ3n) is 3.89. The van der Waals surface area contributed by atoms with Crippen LogP contribution in [0, 0.1) is 0 Å². The second-order valence-electron chi connectivity index (χ2n) is 5.55. The highest BCUT2D eigenvalue weighted by molar-refractivity contribution is 5.86. The zero-order valence-electron chi connectivity index (χ0n) is 13.1. The average molecular weight is 318 g/mol. The summed E-state index contributed by atoms with van der Waals surface area (Å²) in [4.78, 5) is 0. The normalized spacial score (nSPS) is 11.4. The van der Waals surface area contributed by atoms with E-state index in [-0.39, 0.29) is 17.2 Å². The molecule has 3 heteroatoms. The van der Waals surface area contributed by atoms with Gasteiger partial charge in [-0.15, -0.1) is 0 Å². The van der Waals surface area contributed by atoms with Crippen molar-refractivity contribution in [3.05, 3.63) is 89.5 Å². The lowest BCUT2D eigenvalue weighted by molar-refractivity contribution is 0.468. The fourth-order valence-corrected chi connectivity index (χ4v) is 2.63. The third-order valence-corrected chi connectivity index (χ3v) is 3.89. The molecule has 120 valence electrons. The summed E-state index contributed by atoms with van der Waals surface area (Å²) in [6.07, 6.45) is 2.26. The number of benzene rings is 3. The van der Waals surface area contributed by atoms with Crippen LogP contribution >= 0.6 is 0 Å². The zero-order valence-corrected chi connectivity index (χ0v) is 13.1. The van der Waals surface area contributed by atoms with E-state index in [1.54, 1.807) is 42.5 Å².